The van der Waals surface area contributed by atoms with Crippen LogP contribution in [0.25, 0.3) is 10.2 Å². The number of fused-ring (bicyclic) bond motifs is 1. The van der Waals surface area contributed by atoms with Crippen molar-refractivity contribution in [3.8, 4) is 0 Å². The lowest BCUT2D eigenvalue weighted by Crippen LogP contribution is -2.40. The van der Waals surface area contributed by atoms with E-state index < -0.39 is 0 Å². The highest BCUT2D eigenvalue weighted by Gasteiger charge is 2.21. The number of nitrogens with zero attached hydrogens (tertiary/aromatic N) is 1. The Morgan fingerprint density at radius 1 is 1.40 bits per heavy atom. The Bertz CT molecular complexity index is 640. The molecule has 0 bridgehead atoms. The number of thiophene rings is 1. The summed E-state index contributed by atoms with van der Waals surface area (Å²) in [6, 6.07) is 3.95. The van der Waals surface area contributed by atoms with E-state index in [0.717, 1.165) is 28.8 Å². The van der Waals surface area contributed by atoms with E-state index in [1.165, 1.54) is 11.3 Å². The molecule has 0 unspecified atom stereocenters. The molecule has 4 nitrogen and oxygen atoms in total. The summed E-state index contributed by atoms with van der Waals surface area (Å²) in [5.74, 6) is -0.130. The monoisotopic (exact) mass is 291 g/mol. The normalized spacial score (nSPS) is 11.8. The van der Waals surface area contributed by atoms with Crippen LogP contribution in [-0.2, 0) is 6.42 Å². The van der Waals surface area contributed by atoms with Crippen LogP contribution in [0.15, 0.2) is 12.1 Å². The van der Waals surface area contributed by atoms with E-state index in [1.54, 1.807) is 0 Å². The molecule has 0 saturated carbocycles. The van der Waals surface area contributed by atoms with Crippen LogP contribution in [0.1, 0.15) is 49.5 Å². The second-order valence-corrected chi connectivity index (χ2v) is 6.95. The standard InChI is InChI=1S/C15H21N3OS/c1-5-6-9-7-8-10-11(16)12(20-14(10)17-9)13(19)18-15(2,3)4/h7-8H,5-6,16H2,1-4H3,(H,18,19). The van der Waals surface area contributed by atoms with Gasteiger partial charge in [-0.3, -0.25) is 4.79 Å². The summed E-state index contributed by atoms with van der Waals surface area (Å²) in [5, 5.41) is 3.81. The molecule has 2 aromatic heterocycles. The van der Waals surface area contributed by atoms with Crippen LogP contribution in [0.5, 0.6) is 0 Å². The minimum absolute atomic E-state index is 0.130. The predicted octanol–water partition coefficient (Wildman–Crippen LogP) is 3.36. The summed E-state index contributed by atoms with van der Waals surface area (Å²) in [6.45, 7) is 7.97. The molecule has 0 aliphatic rings. The van der Waals surface area contributed by atoms with Gasteiger partial charge in [0.2, 0.25) is 0 Å². The maximum Gasteiger partial charge on any atom is 0.263 e. The zero-order chi connectivity index (χ0) is 14.9. The van der Waals surface area contributed by atoms with Crippen molar-refractivity contribution in [2.24, 2.45) is 0 Å². The van der Waals surface area contributed by atoms with E-state index in [2.05, 4.69) is 17.2 Å². The molecule has 2 rings (SSSR count). The molecule has 2 aromatic rings. The van der Waals surface area contributed by atoms with Crippen molar-refractivity contribution in [1.29, 1.82) is 0 Å². The first-order valence-corrected chi connectivity index (χ1v) is 7.64. The molecule has 0 radical (unpaired) electrons. The number of aromatic nitrogens is 1. The van der Waals surface area contributed by atoms with Crippen LogP contribution in [0.2, 0.25) is 0 Å². The van der Waals surface area contributed by atoms with Gasteiger partial charge in [0.25, 0.3) is 5.91 Å². The van der Waals surface area contributed by atoms with Crippen molar-refractivity contribution < 1.29 is 4.79 Å². The van der Waals surface area contributed by atoms with Crippen LogP contribution in [0.3, 0.4) is 0 Å². The van der Waals surface area contributed by atoms with Crippen molar-refractivity contribution in [2.75, 3.05) is 5.73 Å². The molecule has 0 aromatic carbocycles. The Labute approximate surface area is 123 Å². The molecule has 0 saturated heterocycles. The topological polar surface area (TPSA) is 68.0 Å². The van der Waals surface area contributed by atoms with E-state index in [9.17, 15) is 4.79 Å². The van der Waals surface area contributed by atoms with Gasteiger partial charge in [-0.05, 0) is 39.3 Å². The number of hydrogen-bond donors (Lipinski definition) is 2. The number of nitrogens with one attached hydrogen (secondary N) is 1. The van der Waals surface area contributed by atoms with Crippen LogP contribution in [-0.4, -0.2) is 16.4 Å². The van der Waals surface area contributed by atoms with Gasteiger partial charge >= 0.3 is 0 Å². The van der Waals surface area contributed by atoms with Crippen LogP contribution in [0.4, 0.5) is 5.69 Å². The van der Waals surface area contributed by atoms with Gasteiger partial charge in [0.05, 0.1) is 5.69 Å². The molecule has 3 N–H and O–H groups in total. The molecule has 0 fully saturated rings. The highest BCUT2D eigenvalue weighted by molar-refractivity contribution is 7.21. The van der Waals surface area contributed by atoms with E-state index in [1.807, 2.05) is 32.9 Å². The van der Waals surface area contributed by atoms with Crippen molar-refractivity contribution in [3.63, 3.8) is 0 Å². The summed E-state index contributed by atoms with van der Waals surface area (Å²) in [4.78, 5) is 18.2. The van der Waals surface area contributed by atoms with Crippen molar-refractivity contribution >= 4 is 33.1 Å². The number of nitrogen functional groups attached to an aromatic ring is 1. The van der Waals surface area contributed by atoms with E-state index >= 15 is 0 Å². The maximum atomic E-state index is 12.3. The van der Waals surface area contributed by atoms with Gasteiger partial charge in [0.1, 0.15) is 9.71 Å². The predicted molar refractivity (Wildman–Crippen MR) is 85.2 cm³/mol. The highest BCUT2D eigenvalue weighted by Crippen LogP contribution is 2.32. The molecule has 20 heavy (non-hydrogen) atoms. The first kappa shape index (κ1) is 14.8. The summed E-state index contributed by atoms with van der Waals surface area (Å²) >= 11 is 1.36. The zero-order valence-corrected chi connectivity index (χ0v) is 13.2. The Hall–Kier alpha value is -1.62. The fourth-order valence-corrected chi connectivity index (χ4v) is 3.00. The Kier molecular flexibility index (Phi) is 3.99. The number of carbonyl (C=O) groups excluding carboxylic acids is 1. The lowest BCUT2D eigenvalue weighted by atomic mass is 10.1. The summed E-state index contributed by atoms with van der Waals surface area (Å²) < 4.78 is 0. The third-order valence-corrected chi connectivity index (χ3v) is 3.97. The Morgan fingerprint density at radius 3 is 2.70 bits per heavy atom. The first-order valence-electron chi connectivity index (χ1n) is 6.82. The lowest BCUT2D eigenvalue weighted by molar-refractivity contribution is 0.0924. The quantitative estimate of drug-likeness (QED) is 0.911. The molecule has 1 amide bonds. The number of amides is 1. The molecule has 0 aliphatic carbocycles. The summed E-state index contributed by atoms with van der Waals surface area (Å²) in [7, 11) is 0. The summed E-state index contributed by atoms with van der Waals surface area (Å²) in [6.07, 6.45) is 1.99. The molecule has 0 atom stereocenters. The fourth-order valence-electron chi connectivity index (χ4n) is 2.00. The average Bonchev–Trinajstić information content (AvgIpc) is 2.65. The van der Waals surface area contributed by atoms with Crippen molar-refractivity contribution in [1.82, 2.24) is 10.3 Å². The van der Waals surface area contributed by atoms with E-state index in [0.29, 0.717) is 10.6 Å². The third-order valence-electron chi connectivity index (χ3n) is 2.85. The molecule has 0 spiro atoms. The van der Waals surface area contributed by atoms with Gasteiger partial charge in [0.15, 0.2) is 0 Å². The van der Waals surface area contributed by atoms with E-state index in [-0.39, 0.29) is 11.4 Å². The van der Waals surface area contributed by atoms with Gasteiger partial charge in [0, 0.05) is 16.6 Å². The van der Waals surface area contributed by atoms with E-state index in [4.69, 9.17) is 5.73 Å². The number of rotatable bonds is 3. The van der Waals surface area contributed by atoms with Crippen molar-refractivity contribution in [3.05, 3.63) is 22.7 Å². The van der Waals surface area contributed by atoms with Crippen LogP contribution in [0, 0.1) is 0 Å². The maximum absolute atomic E-state index is 12.3. The number of nitrogens with two attached hydrogens (primary N) is 1. The molecular formula is C15H21N3OS. The van der Waals surface area contributed by atoms with Crippen molar-refractivity contribution in [2.45, 2.75) is 46.1 Å². The summed E-state index contributed by atoms with van der Waals surface area (Å²) in [5.41, 5.74) is 7.39. The minimum atomic E-state index is -0.277. The van der Waals surface area contributed by atoms with Gasteiger partial charge in [-0.1, -0.05) is 13.3 Å². The molecule has 5 heteroatoms. The van der Waals surface area contributed by atoms with Gasteiger partial charge in [-0.2, -0.15) is 0 Å². The number of carbonyl (C=O) groups is 1. The molecule has 0 aliphatic heterocycles. The van der Waals surface area contributed by atoms with Crippen LogP contribution < -0.4 is 11.1 Å². The fraction of sp³-hybridized carbons (Fsp3) is 0.467. The number of pyridine rings is 1. The highest BCUT2D eigenvalue weighted by atomic mass is 32.1. The SMILES string of the molecule is CCCc1ccc2c(N)c(C(=O)NC(C)(C)C)sc2n1. The van der Waals surface area contributed by atoms with Gasteiger partial charge in [-0.25, -0.2) is 4.98 Å². The second kappa shape index (κ2) is 5.40. The number of hydrogen-bond acceptors (Lipinski definition) is 4. The minimum Gasteiger partial charge on any atom is -0.397 e. The molecule has 108 valence electrons. The Morgan fingerprint density at radius 2 is 2.10 bits per heavy atom. The second-order valence-electron chi connectivity index (χ2n) is 5.95. The lowest BCUT2D eigenvalue weighted by Gasteiger charge is -2.19. The Balaban J connectivity index is 2.40. The zero-order valence-electron chi connectivity index (χ0n) is 12.4. The molecule has 2 heterocycles. The first-order chi connectivity index (χ1) is 9.31. The number of anilines is 1. The van der Waals surface area contributed by atoms with Gasteiger partial charge < -0.3 is 11.1 Å². The van der Waals surface area contributed by atoms with Crippen LogP contribution >= 0.6 is 11.3 Å². The largest absolute Gasteiger partial charge is 0.397 e. The average molecular weight is 291 g/mol. The smallest absolute Gasteiger partial charge is 0.263 e. The third kappa shape index (κ3) is 3.10. The molecular weight excluding hydrogens is 270 g/mol. The number of aryl methyl sites for hydroxylation is 1. The van der Waals surface area contributed by atoms with Gasteiger partial charge in [-0.15, -0.1) is 11.3 Å².